The number of allylic oxidation sites excluding steroid dienone is 1. The van der Waals surface area contributed by atoms with Crippen LogP contribution in [0.25, 0.3) is 5.57 Å². The number of benzene rings is 1. The number of fused-ring (bicyclic) bond motifs is 1. The molecule has 2 heterocycles. The summed E-state index contributed by atoms with van der Waals surface area (Å²) in [6, 6.07) is 10.8. The zero-order chi connectivity index (χ0) is 17.3. The molecule has 9 heteroatoms. The first-order valence-electron chi connectivity index (χ1n) is 6.25. The van der Waals surface area contributed by atoms with Gasteiger partial charge in [-0.2, -0.15) is 15.8 Å². The van der Waals surface area contributed by atoms with Crippen molar-refractivity contribution in [3.8, 4) is 18.2 Å². The molecule has 3 rings (SSSR count). The average molecular weight is 388 g/mol. The first-order valence-corrected chi connectivity index (χ1v) is 8.64. The molecule has 114 valence electrons. The van der Waals surface area contributed by atoms with Crippen molar-refractivity contribution >= 4 is 52.3 Å². The fraction of sp³-hybridized carbons (Fsp3) is 0. The van der Waals surface area contributed by atoms with Crippen LogP contribution in [0.4, 0.5) is 0 Å². The SMILES string of the molecule is N#CC(=C1Sc2nc(C#N)c(C#N)nc2S1)c1c(Cl)cccc1Cl. The summed E-state index contributed by atoms with van der Waals surface area (Å²) in [6.45, 7) is 0. The van der Waals surface area contributed by atoms with Crippen LogP contribution in [0, 0.1) is 34.0 Å². The van der Waals surface area contributed by atoms with Crippen molar-refractivity contribution in [2.24, 2.45) is 0 Å². The van der Waals surface area contributed by atoms with Gasteiger partial charge in [-0.3, -0.25) is 0 Å². The summed E-state index contributed by atoms with van der Waals surface area (Å²) < 4.78 is 0.599. The molecule has 1 aliphatic rings. The molecular formula is C15H3Cl2N5S2. The lowest BCUT2D eigenvalue weighted by molar-refractivity contribution is 0.902. The Balaban J connectivity index is 2.14. The number of hydrogen-bond donors (Lipinski definition) is 0. The Morgan fingerprint density at radius 3 is 1.83 bits per heavy atom. The topological polar surface area (TPSA) is 97.1 Å². The van der Waals surface area contributed by atoms with Gasteiger partial charge < -0.3 is 0 Å². The van der Waals surface area contributed by atoms with Gasteiger partial charge >= 0.3 is 0 Å². The molecule has 0 bridgehead atoms. The second-order valence-electron chi connectivity index (χ2n) is 4.33. The van der Waals surface area contributed by atoms with Crippen LogP contribution in [0.2, 0.25) is 10.0 Å². The molecule has 5 nitrogen and oxygen atoms in total. The quantitative estimate of drug-likeness (QED) is 0.658. The molecule has 0 atom stereocenters. The molecule has 0 saturated carbocycles. The lowest BCUT2D eigenvalue weighted by Crippen LogP contribution is -1.96. The molecule has 24 heavy (non-hydrogen) atoms. The van der Waals surface area contributed by atoms with E-state index < -0.39 is 0 Å². The van der Waals surface area contributed by atoms with Crippen molar-refractivity contribution in [1.82, 2.24) is 9.97 Å². The fourth-order valence-corrected chi connectivity index (χ4v) is 4.80. The molecule has 0 aliphatic carbocycles. The number of aromatic nitrogens is 2. The number of hydrogen-bond acceptors (Lipinski definition) is 7. The predicted molar refractivity (Wildman–Crippen MR) is 92.2 cm³/mol. The molecule has 0 radical (unpaired) electrons. The molecule has 2 aromatic rings. The Bertz CT molecular complexity index is 963. The molecule has 0 spiro atoms. The molecule has 0 unspecified atom stereocenters. The van der Waals surface area contributed by atoms with Crippen LogP contribution in [0.3, 0.4) is 0 Å². The number of rotatable bonds is 1. The summed E-state index contributed by atoms with van der Waals surface area (Å²) in [6.07, 6.45) is 0. The monoisotopic (exact) mass is 387 g/mol. The van der Waals surface area contributed by atoms with E-state index in [1.165, 1.54) is 23.5 Å². The highest BCUT2D eigenvalue weighted by atomic mass is 35.5. The number of thioether (sulfide) groups is 2. The van der Waals surface area contributed by atoms with Crippen LogP contribution in [0.5, 0.6) is 0 Å². The molecule has 0 fully saturated rings. The van der Waals surface area contributed by atoms with Gasteiger partial charge in [-0.15, -0.1) is 0 Å². The van der Waals surface area contributed by atoms with Crippen molar-refractivity contribution in [3.63, 3.8) is 0 Å². The smallest absolute Gasteiger partial charge is 0.178 e. The highest BCUT2D eigenvalue weighted by Crippen LogP contribution is 2.53. The van der Waals surface area contributed by atoms with Crippen molar-refractivity contribution in [2.45, 2.75) is 10.1 Å². The lowest BCUT2D eigenvalue weighted by Gasteiger charge is -2.07. The zero-order valence-electron chi connectivity index (χ0n) is 11.5. The Morgan fingerprint density at radius 2 is 1.42 bits per heavy atom. The highest BCUT2D eigenvalue weighted by molar-refractivity contribution is 8.24. The fourth-order valence-electron chi connectivity index (χ4n) is 1.93. The Morgan fingerprint density at radius 1 is 0.917 bits per heavy atom. The number of nitrogens with zero attached hydrogens (tertiary/aromatic N) is 5. The molecule has 1 aliphatic heterocycles. The minimum atomic E-state index is -0.0418. The van der Waals surface area contributed by atoms with E-state index in [4.69, 9.17) is 33.7 Å². The van der Waals surface area contributed by atoms with Crippen molar-refractivity contribution in [2.75, 3.05) is 0 Å². The second kappa shape index (κ2) is 6.73. The van der Waals surface area contributed by atoms with Crippen LogP contribution < -0.4 is 0 Å². The van der Waals surface area contributed by atoms with E-state index in [0.29, 0.717) is 35.5 Å². The molecule has 1 aromatic heterocycles. The van der Waals surface area contributed by atoms with Gasteiger partial charge in [0.05, 0.1) is 19.9 Å². The maximum Gasteiger partial charge on any atom is 0.178 e. The van der Waals surface area contributed by atoms with Crippen LogP contribution in [0.1, 0.15) is 17.0 Å². The van der Waals surface area contributed by atoms with E-state index in [2.05, 4.69) is 16.0 Å². The summed E-state index contributed by atoms with van der Waals surface area (Å²) in [5, 5.41) is 29.3. The average Bonchev–Trinajstić information content (AvgIpc) is 2.99. The third kappa shape index (κ3) is 2.82. The molecule has 0 saturated heterocycles. The van der Waals surface area contributed by atoms with E-state index in [9.17, 15) is 5.26 Å². The largest absolute Gasteiger partial charge is 0.224 e. The summed E-state index contributed by atoms with van der Waals surface area (Å²) in [7, 11) is 0. The van der Waals surface area contributed by atoms with Gasteiger partial charge in [0.1, 0.15) is 28.3 Å². The predicted octanol–water partition coefficient (Wildman–Crippen LogP) is 4.62. The van der Waals surface area contributed by atoms with Gasteiger partial charge in [0, 0.05) is 5.56 Å². The van der Waals surface area contributed by atoms with Crippen LogP contribution in [-0.4, -0.2) is 9.97 Å². The van der Waals surface area contributed by atoms with Gasteiger partial charge in [0.25, 0.3) is 0 Å². The minimum Gasteiger partial charge on any atom is -0.224 e. The molecule has 1 aromatic carbocycles. The van der Waals surface area contributed by atoms with E-state index in [1.54, 1.807) is 18.2 Å². The standard InChI is InChI=1S/C15H3Cl2N5S2/c16-8-2-1-3-9(17)12(8)7(4-18)15-23-13-14(24-15)22-11(6-20)10(5-19)21-13/h1-3H. The minimum absolute atomic E-state index is 0.0418. The third-order valence-electron chi connectivity index (χ3n) is 2.95. The van der Waals surface area contributed by atoms with Gasteiger partial charge in [-0.05, 0) is 12.1 Å². The van der Waals surface area contributed by atoms with E-state index in [1.807, 2.05) is 12.1 Å². The number of halogens is 2. The van der Waals surface area contributed by atoms with E-state index in [-0.39, 0.29) is 11.4 Å². The number of nitriles is 3. The second-order valence-corrected chi connectivity index (χ2v) is 7.40. The van der Waals surface area contributed by atoms with Crippen molar-refractivity contribution in [3.05, 3.63) is 49.4 Å². The van der Waals surface area contributed by atoms with Crippen LogP contribution >= 0.6 is 46.7 Å². The Kier molecular flexibility index (Phi) is 4.66. The van der Waals surface area contributed by atoms with Gasteiger partial charge in [-0.25, -0.2) is 9.97 Å². The van der Waals surface area contributed by atoms with Gasteiger partial charge in [0.2, 0.25) is 0 Å². The summed E-state index contributed by atoms with van der Waals surface area (Å²) in [5.41, 5.74) is 0.657. The molecule has 0 N–H and O–H groups in total. The van der Waals surface area contributed by atoms with Gasteiger partial charge in [-0.1, -0.05) is 52.8 Å². The van der Waals surface area contributed by atoms with E-state index in [0.717, 1.165) is 0 Å². The molecule has 0 amide bonds. The zero-order valence-corrected chi connectivity index (χ0v) is 14.7. The Hall–Kier alpha value is -2.21. The van der Waals surface area contributed by atoms with Crippen LogP contribution in [0.15, 0.2) is 32.5 Å². The van der Waals surface area contributed by atoms with Crippen LogP contribution in [-0.2, 0) is 0 Å². The summed E-state index contributed by atoms with van der Waals surface area (Å²) in [4.78, 5) is 8.27. The Labute approximate surface area is 155 Å². The first kappa shape index (κ1) is 16.6. The summed E-state index contributed by atoms with van der Waals surface area (Å²) >= 11 is 14.8. The molecular weight excluding hydrogens is 385 g/mol. The maximum absolute atomic E-state index is 9.57. The maximum atomic E-state index is 9.57. The van der Waals surface area contributed by atoms with E-state index >= 15 is 0 Å². The first-order chi connectivity index (χ1) is 11.6. The highest BCUT2D eigenvalue weighted by Gasteiger charge is 2.28. The normalized spacial score (nSPS) is 12.0. The van der Waals surface area contributed by atoms with Gasteiger partial charge in [0.15, 0.2) is 11.4 Å². The summed E-state index contributed by atoms with van der Waals surface area (Å²) in [5.74, 6) is 0. The van der Waals surface area contributed by atoms with Crippen molar-refractivity contribution < 1.29 is 0 Å². The van der Waals surface area contributed by atoms with Crippen molar-refractivity contribution in [1.29, 1.82) is 15.8 Å². The lowest BCUT2D eigenvalue weighted by atomic mass is 10.1. The third-order valence-corrected chi connectivity index (χ3v) is 5.95.